The normalized spacial score (nSPS) is 12.5. The van der Waals surface area contributed by atoms with E-state index in [-0.39, 0.29) is 0 Å². The summed E-state index contributed by atoms with van der Waals surface area (Å²) in [4.78, 5) is 0. The zero-order valence-electron chi connectivity index (χ0n) is 7.44. The lowest BCUT2D eigenvalue weighted by atomic mass is 10.0. The summed E-state index contributed by atoms with van der Waals surface area (Å²) in [6.45, 7) is 3.49. The summed E-state index contributed by atoms with van der Waals surface area (Å²) in [5.74, 6) is 0. The highest BCUT2D eigenvalue weighted by Crippen LogP contribution is 2.37. The van der Waals surface area contributed by atoms with E-state index in [0.717, 1.165) is 0 Å². The van der Waals surface area contributed by atoms with Crippen LogP contribution in [-0.4, -0.2) is 5.60 Å². The van der Waals surface area contributed by atoms with Crippen LogP contribution in [-0.2, 0) is 18.0 Å². The van der Waals surface area contributed by atoms with Gasteiger partial charge in [0, 0.05) is 4.57 Å². The van der Waals surface area contributed by atoms with Gasteiger partial charge in [-0.1, -0.05) is 18.4 Å². The first-order valence-electron chi connectivity index (χ1n) is 3.76. The van der Waals surface area contributed by atoms with Crippen LogP contribution in [0.3, 0.4) is 0 Å². The fourth-order valence-corrected chi connectivity index (χ4v) is 1.73. The van der Waals surface area contributed by atoms with Crippen LogP contribution in [0.1, 0.15) is 26.7 Å². The van der Waals surface area contributed by atoms with E-state index in [1.54, 1.807) is 13.8 Å². The number of hydrogen-bond acceptors (Lipinski definition) is 5. The molecule has 0 saturated heterocycles. The second kappa shape index (κ2) is 6.12. The van der Waals surface area contributed by atoms with Gasteiger partial charge < -0.3 is 0 Å². The number of nitrogens with zero attached hydrogens (tertiary/aromatic N) is 1. The molecule has 2 atom stereocenters. The van der Waals surface area contributed by atoms with Crippen molar-refractivity contribution in [3.05, 3.63) is 0 Å². The molecule has 72 valence electrons. The molecule has 0 fully saturated rings. The largest absolute Gasteiger partial charge is 0.746 e. The molecule has 0 spiro atoms. The molecule has 5 nitrogen and oxygen atoms in total. The highest BCUT2D eigenvalue weighted by Gasteiger charge is 2.42. The van der Waals surface area contributed by atoms with Crippen molar-refractivity contribution >= 4 is 16.9 Å². The average Bonchev–Trinajstić information content (AvgIpc) is 2.15. The van der Waals surface area contributed by atoms with Crippen molar-refractivity contribution in [2.24, 2.45) is 0 Å². The molecule has 0 radical (unpaired) electrons. The fraction of sp³-hybridized carbons (Fsp3) is 0.833. The molecule has 0 aliphatic heterocycles. The van der Waals surface area contributed by atoms with Gasteiger partial charge in [0.1, 0.15) is 10.4 Å². The van der Waals surface area contributed by atoms with Gasteiger partial charge in [-0.05, 0) is 17.4 Å². The molecule has 0 aromatic carbocycles. The summed E-state index contributed by atoms with van der Waals surface area (Å²) in [6.07, 6.45) is 0.818. The molecule has 0 aliphatic carbocycles. The minimum atomic E-state index is -2.46. The van der Waals surface area contributed by atoms with Gasteiger partial charge >= 0.3 is 16.9 Å². The Morgan fingerprint density at radius 2 is 2.08 bits per heavy atom. The quantitative estimate of drug-likeness (QED) is 0.647. The molecule has 0 aliphatic rings. The molecule has 0 saturated carbocycles. The zero-order chi connectivity index (χ0) is 10.3. The van der Waals surface area contributed by atoms with E-state index in [4.69, 9.17) is 9.79 Å². The van der Waals surface area contributed by atoms with Gasteiger partial charge in [-0.25, -0.2) is 0 Å². The maximum atomic E-state index is 10.9. The summed E-state index contributed by atoms with van der Waals surface area (Å²) < 4.78 is 29.9. The van der Waals surface area contributed by atoms with Crippen molar-refractivity contribution in [3.8, 4) is 6.07 Å². The topological polar surface area (TPSA) is 76.4 Å². The maximum absolute atomic E-state index is 10.9. The van der Waals surface area contributed by atoms with E-state index in [9.17, 15) is 9.13 Å². The van der Waals surface area contributed by atoms with Crippen LogP contribution in [0.5, 0.6) is 0 Å². The standard InChI is InChI=1S/C6H11NO4P2/c1-3-6(4-2,5-7)10-13(9)11-12-8/h12H,3-4H2,1-2H3/q+2. The molecule has 0 aromatic heterocycles. The molecule has 0 N–H and O–H groups in total. The second-order valence-corrected chi connectivity index (χ2v) is 3.83. The monoisotopic (exact) mass is 223 g/mol. The Bertz CT molecular complexity index is 233. The lowest BCUT2D eigenvalue weighted by Gasteiger charge is -2.13. The molecule has 0 rings (SSSR count). The molecule has 2 unspecified atom stereocenters. The third-order valence-corrected chi connectivity index (χ3v) is 3.10. The SMILES string of the molecule is CCC(C#N)(CC)O[P+](=O)O[PH+]=O. The molecule has 7 heteroatoms. The third kappa shape index (κ3) is 3.89. The van der Waals surface area contributed by atoms with Gasteiger partial charge in [0.2, 0.25) is 5.60 Å². The van der Waals surface area contributed by atoms with Crippen LogP contribution in [0.25, 0.3) is 0 Å². The van der Waals surface area contributed by atoms with Gasteiger partial charge in [0.25, 0.3) is 0 Å². The van der Waals surface area contributed by atoms with E-state index in [0.29, 0.717) is 12.8 Å². The molecule has 0 amide bonds. The van der Waals surface area contributed by atoms with Crippen LogP contribution in [0, 0.1) is 11.3 Å². The lowest BCUT2D eigenvalue weighted by molar-refractivity contribution is 0.116. The summed E-state index contributed by atoms with van der Waals surface area (Å²) >= 11 is 0. The number of rotatable bonds is 6. The van der Waals surface area contributed by atoms with Gasteiger partial charge in [-0.2, -0.15) is 5.26 Å². The van der Waals surface area contributed by atoms with Crippen LogP contribution < -0.4 is 0 Å². The molecule has 13 heavy (non-hydrogen) atoms. The lowest BCUT2D eigenvalue weighted by Crippen LogP contribution is -2.25. The van der Waals surface area contributed by atoms with Crippen molar-refractivity contribution in [2.45, 2.75) is 32.3 Å². The Hall–Kier alpha value is -0.390. The summed E-state index contributed by atoms with van der Waals surface area (Å²) in [5, 5.41) is 8.76. The van der Waals surface area contributed by atoms with Gasteiger partial charge in [-0.15, -0.1) is 0 Å². The maximum Gasteiger partial charge on any atom is 0.746 e. The van der Waals surface area contributed by atoms with Crippen molar-refractivity contribution in [2.75, 3.05) is 0 Å². The van der Waals surface area contributed by atoms with E-state index in [1.807, 2.05) is 6.07 Å². The first kappa shape index (κ1) is 12.6. The Morgan fingerprint density at radius 1 is 1.54 bits per heavy atom. The summed E-state index contributed by atoms with van der Waals surface area (Å²) in [5.41, 5.74) is -1.09. The Balaban J connectivity index is 4.35. The smallest absolute Gasteiger partial charge is 0.195 e. The molecule has 0 heterocycles. The summed E-state index contributed by atoms with van der Waals surface area (Å²) in [7, 11) is -3.60. The van der Waals surface area contributed by atoms with Crippen LogP contribution >= 0.6 is 16.9 Å². The Morgan fingerprint density at radius 3 is 2.38 bits per heavy atom. The average molecular weight is 223 g/mol. The Kier molecular flexibility index (Phi) is 5.94. The highest BCUT2D eigenvalue weighted by atomic mass is 31.2. The van der Waals surface area contributed by atoms with Crippen LogP contribution in [0.4, 0.5) is 0 Å². The number of hydrogen-bond donors (Lipinski definition) is 0. The van der Waals surface area contributed by atoms with Crippen LogP contribution in [0.2, 0.25) is 0 Å². The van der Waals surface area contributed by atoms with E-state index < -0.39 is 22.5 Å². The van der Waals surface area contributed by atoms with E-state index in [1.165, 1.54) is 0 Å². The zero-order valence-corrected chi connectivity index (χ0v) is 9.34. The first-order valence-corrected chi connectivity index (χ1v) is 5.67. The van der Waals surface area contributed by atoms with Crippen LogP contribution in [0.15, 0.2) is 0 Å². The Labute approximate surface area is 79.3 Å². The van der Waals surface area contributed by atoms with Crippen molar-refractivity contribution < 1.29 is 18.0 Å². The van der Waals surface area contributed by atoms with E-state index >= 15 is 0 Å². The van der Waals surface area contributed by atoms with Gasteiger partial charge in [-0.3, -0.25) is 0 Å². The molecule has 0 aromatic rings. The predicted molar refractivity (Wildman–Crippen MR) is 47.7 cm³/mol. The summed E-state index contributed by atoms with van der Waals surface area (Å²) in [6, 6.07) is 1.92. The van der Waals surface area contributed by atoms with E-state index in [2.05, 4.69) is 4.31 Å². The molecular weight excluding hydrogens is 212 g/mol. The fourth-order valence-electron chi connectivity index (χ4n) is 0.749. The predicted octanol–water partition coefficient (Wildman–Crippen LogP) is 2.70. The third-order valence-electron chi connectivity index (χ3n) is 1.71. The molecule has 0 bridgehead atoms. The van der Waals surface area contributed by atoms with Crippen molar-refractivity contribution in [1.82, 2.24) is 0 Å². The van der Waals surface area contributed by atoms with Gasteiger partial charge in [0.05, 0.1) is 0 Å². The second-order valence-electron chi connectivity index (χ2n) is 2.30. The number of nitriles is 1. The van der Waals surface area contributed by atoms with Crippen molar-refractivity contribution in [3.63, 3.8) is 0 Å². The van der Waals surface area contributed by atoms with Crippen molar-refractivity contribution in [1.29, 1.82) is 5.26 Å². The van der Waals surface area contributed by atoms with Gasteiger partial charge in [0.15, 0.2) is 0 Å². The minimum Gasteiger partial charge on any atom is -0.195 e. The first-order chi connectivity index (χ1) is 6.14. The minimum absolute atomic E-state index is 0.409. The highest BCUT2D eigenvalue weighted by molar-refractivity contribution is 7.41. The molecular formula is C6H11NO4P2+2.